The summed E-state index contributed by atoms with van der Waals surface area (Å²) < 4.78 is 0. The monoisotopic (exact) mass is 270 g/mol. The summed E-state index contributed by atoms with van der Waals surface area (Å²) in [6.45, 7) is 3.14. The van der Waals surface area contributed by atoms with Crippen LogP contribution in [0.5, 0.6) is 0 Å². The van der Waals surface area contributed by atoms with Crippen LogP contribution in [-0.2, 0) is 11.3 Å². The molecule has 0 bridgehead atoms. The van der Waals surface area contributed by atoms with Crippen LogP contribution in [0, 0.1) is 6.92 Å². The van der Waals surface area contributed by atoms with E-state index in [1.54, 1.807) is 0 Å². The molecular weight excluding hydrogens is 252 g/mol. The summed E-state index contributed by atoms with van der Waals surface area (Å²) >= 11 is 0. The Morgan fingerprint density at radius 2 is 2.00 bits per heavy atom. The van der Waals surface area contributed by atoms with E-state index >= 15 is 0 Å². The van der Waals surface area contributed by atoms with Crippen molar-refractivity contribution in [1.82, 2.24) is 4.98 Å². The maximum absolute atomic E-state index is 10.8. The second-order valence-corrected chi connectivity index (χ2v) is 4.77. The third kappa shape index (κ3) is 4.09. The second kappa shape index (κ2) is 6.70. The van der Waals surface area contributed by atoms with Gasteiger partial charge in [0.05, 0.1) is 6.42 Å². The Morgan fingerprint density at radius 1 is 1.25 bits per heavy atom. The summed E-state index contributed by atoms with van der Waals surface area (Å²) in [5.74, 6) is -0.784. The Bertz CT molecular complexity index is 570. The molecule has 20 heavy (non-hydrogen) atoms. The molecule has 1 aromatic heterocycles. The third-order valence-electron chi connectivity index (χ3n) is 3.02. The maximum atomic E-state index is 10.8. The Hall–Kier alpha value is -2.36. The van der Waals surface area contributed by atoms with Gasteiger partial charge in [-0.1, -0.05) is 24.3 Å². The van der Waals surface area contributed by atoms with E-state index < -0.39 is 5.97 Å². The van der Waals surface area contributed by atoms with E-state index in [0.29, 0.717) is 13.1 Å². The molecule has 4 heteroatoms. The van der Waals surface area contributed by atoms with Crippen LogP contribution in [0.2, 0.25) is 0 Å². The topological polar surface area (TPSA) is 53.4 Å². The number of benzene rings is 1. The molecule has 2 aromatic rings. The molecule has 1 aromatic carbocycles. The number of anilines is 1. The van der Waals surface area contributed by atoms with Gasteiger partial charge in [-0.15, -0.1) is 0 Å². The van der Waals surface area contributed by atoms with Crippen LogP contribution in [0.15, 0.2) is 48.8 Å². The molecule has 2 rings (SSSR count). The lowest BCUT2D eigenvalue weighted by atomic mass is 10.2. The Kier molecular flexibility index (Phi) is 4.71. The molecule has 0 amide bonds. The van der Waals surface area contributed by atoms with Crippen molar-refractivity contribution in [2.75, 3.05) is 11.4 Å². The molecule has 1 N–H and O–H groups in total. The Morgan fingerprint density at radius 3 is 2.65 bits per heavy atom. The number of carboxylic acid groups (broad SMARTS) is 1. The summed E-state index contributed by atoms with van der Waals surface area (Å²) in [7, 11) is 0. The molecule has 1 heterocycles. The molecule has 0 radical (unpaired) electrons. The first-order chi connectivity index (χ1) is 9.65. The van der Waals surface area contributed by atoms with E-state index in [2.05, 4.69) is 16.0 Å². The molecule has 0 aliphatic carbocycles. The first-order valence-electron chi connectivity index (χ1n) is 6.57. The number of carbonyl (C=O) groups is 1. The number of rotatable bonds is 6. The van der Waals surface area contributed by atoms with Crippen molar-refractivity contribution >= 4 is 11.7 Å². The second-order valence-electron chi connectivity index (χ2n) is 4.77. The van der Waals surface area contributed by atoms with Crippen molar-refractivity contribution in [3.8, 4) is 0 Å². The predicted octanol–water partition coefficient (Wildman–Crippen LogP) is 2.87. The molecule has 0 aliphatic rings. The smallest absolute Gasteiger partial charge is 0.305 e. The van der Waals surface area contributed by atoms with Crippen LogP contribution < -0.4 is 4.90 Å². The molecule has 0 aliphatic heterocycles. The van der Waals surface area contributed by atoms with Gasteiger partial charge >= 0.3 is 5.97 Å². The van der Waals surface area contributed by atoms with Gasteiger partial charge in [0.25, 0.3) is 0 Å². The molecule has 4 nitrogen and oxygen atoms in total. The van der Waals surface area contributed by atoms with Gasteiger partial charge in [-0.3, -0.25) is 9.78 Å². The van der Waals surface area contributed by atoms with Gasteiger partial charge in [0, 0.05) is 31.2 Å². The van der Waals surface area contributed by atoms with Gasteiger partial charge in [0.1, 0.15) is 0 Å². The highest BCUT2D eigenvalue weighted by Gasteiger charge is 2.09. The van der Waals surface area contributed by atoms with Gasteiger partial charge < -0.3 is 10.0 Å². The number of aromatic nitrogens is 1. The maximum Gasteiger partial charge on any atom is 0.305 e. The van der Waals surface area contributed by atoms with Crippen molar-refractivity contribution in [3.05, 3.63) is 59.9 Å². The first-order valence-corrected chi connectivity index (χ1v) is 6.57. The summed E-state index contributed by atoms with van der Waals surface area (Å²) in [5.41, 5.74) is 3.21. The van der Waals surface area contributed by atoms with Gasteiger partial charge in [0.15, 0.2) is 0 Å². The number of nitrogens with zero attached hydrogens (tertiary/aromatic N) is 2. The summed E-state index contributed by atoms with van der Waals surface area (Å²) in [5, 5.41) is 8.88. The van der Waals surface area contributed by atoms with Crippen LogP contribution in [0.25, 0.3) is 0 Å². The highest BCUT2D eigenvalue weighted by atomic mass is 16.4. The zero-order valence-corrected chi connectivity index (χ0v) is 11.5. The van der Waals surface area contributed by atoms with E-state index in [9.17, 15) is 4.79 Å². The minimum Gasteiger partial charge on any atom is -0.481 e. The van der Waals surface area contributed by atoms with Crippen molar-refractivity contribution in [1.29, 1.82) is 0 Å². The standard InChI is InChI=1S/C16H18N2O2/c1-13-9-14(11-17-10-13)12-18(8-7-16(19)20)15-5-3-2-4-6-15/h2-6,9-11H,7-8,12H2,1H3,(H,19,20). The molecule has 0 fully saturated rings. The number of hydrogen-bond acceptors (Lipinski definition) is 3. The van der Waals surface area contributed by atoms with E-state index in [-0.39, 0.29) is 6.42 Å². The van der Waals surface area contributed by atoms with Crippen LogP contribution in [0.4, 0.5) is 5.69 Å². The minimum absolute atomic E-state index is 0.119. The third-order valence-corrected chi connectivity index (χ3v) is 3.02. The van der Waals surface area contributed by atoms with Gasteiger partial charge in [-0.05, 0) is 30.2 Å². The lowest BCUT2D eigenvalue weighted by molar-refractivity contribution is -0.136. The van der Waals surface area contributed by atoms with E-state index in [4.69, 9.17) is 5.11 Å². The number of para-hydroxylation sites is 1. The fourth-order valence-electron chi connectivity index (χ4n) is 2.09. The molecule has 0 saturated heterocycles. The lowest BCUT2D eigenvalue weighted by Gasteiger charge is -2.24. The molecule has 0 unspecified atom stereocenters. The minimum atomic E-state index is -0.784. The zero-order valence-electron chi connectivity index (χ0n) is 11.5. The van der Waals surface area contributed by atoms with Crippen LogP contribution in [0.3, 0.4) is 0 Å². The number of hydrogen-bond donors (Lipinski definition) is 1. The quantitative estimate of drug-likeness (QED) is 0.877. The van der Waals surface area contributed by atoms with Crippen LogP contribution in [-0.4, -0.2) is 22.6 Å². The Labute approximate surface area is 118 Å². The average molecular weight is 270 g/mol. The number of aliphatic carboxylic acids is 1. The van der Waals surface area contributed by atoms with Gasteiger partial charge in [0.2, 0.25) is 0 Å². The van der Waals surface area contributed by atoms with Gasteiger partial charge in [-0.25, -0.2) is 0 Å². The van der Waals surface area contributed by atoms with Crippen LogP contribution in [0.1, 0.15) is 17.5 Å². The van der Waals surface area contributed by atoms with Gasteiger partial charge in [-0.2, -0.15) is 0 Å². The summed E-state index contributed by atoms with van der Waals surface area (Å²) in [6, 6.07) is 11.9. The van der Waals surface area contributed by atoms with E-state index in [0.717, 1.165) is 16.8 Å². The average Bonchev–Trinajstić information content (AvgIpc) is 2.44. The van der Waals surface area contributed by atoms with E-state index in [1.165, 1.54) is 0 Å². The lowest BCUT2D eigenvalue weighted by Crippen LogP contribution is -2.25. The molecular formula is C16H18N2O2. The number of carboxylic acids is 1. The number of pyridine rings is 1. The zero-order chi connectivity index (χ0) is 14.4. The normalized spacial score (nSPS) is 10.2. The van der Waals surface area contributed by atoms with Crippen molar-refractivity contribution in [2.45, 2.75) is 19.9 Å². The predicted molar refractivity (Wildman–Crippen MR) is 78.7 cm³/mol. The molecule has 0 saturated carbocycles. The SMILES string of the molecule is Cc1cncc(CN(CCC(=O)O)c2ccccc2)c1. The van der Waals surface area contributed by atoms with Crippen molar-refractivity contribution in [3.63, 3.8) is 0 Å². The van der Waals surface area contributed by atoms with E-state index in [1.807, 2.05) is 49.6 Å². The first kappa shape index (κ1) is 14.1. The summed E-state index contributed by atoms with van der Waals surface area (Å²) in [6.07, 6.45) is 3.76. The fraction of sp³-hybridized carbons (Fsp3) is 0.250. The highest BCUT2D eigenvalue weighted by molar-refractivity contribution is 5.67. The largest absolute Gasteiger partial charge is 0.481 e. The fourth-order valence-corrected chi connectivity index (χ4v) is 2.09. The summed E-state index contributed by atoms with van der Waals surface area (Å²) in [4.78, 5) is 17.0. The molecule has 0 spiro atoms. The molecule has 0 atom stereocenters. The highest BCUT2D eigenvalue weighted by Crippen LogP contribution is 2.17. The Balaban J connectivity index is 2.16. The van der Waals surface area contributed by atoms with Crippen LogP contribution >= 0.6 is 0 Å². The van der Waals surface area contributed by atoms with Crippen molar-refractivity contribution < 1.29 is 9.90 Å². The molecule has 104 valence electrons. The number of aryl methyl sites for hydroxylation is 1. The van der Waals surface area contributed by atoms with Crippen molar-refractivity contribution in [2.24, 2.45) is 0 Å².